The first-order valence-electron chi connectivity index (χ1n) is 9.14. The Kier molecular flexibility index (Phi) is 10.7. The van der Waals surface area contributed by atoms with Crippen LogP contribution in [0.5, 0.6) is 0 Å². The molecule has 0 aromatic heterocycles. The summed E-state index contributed by atoms with van der Waals surface area (Å²) >= 11 is 0. The lowest BCUT2D eigenvalue weighted by atomic mass is 10.2. The highest BCUT2D eigenvalue weighted by Gasteiger charge is 2.36. The first kappa shape index (κ1) is 22.1. The molecule has 0 saturated carbocycles. The second kappa shape index (κ2) is 11.7. The SMILES string of the molecule is CC(C)OC[C@@H]1C[C@@H](OC(C)C)CN1C(=O)CCCSSC(C)C. The normalized spacial score (nSPS) is 21.5. The molecular formula is C18H35NO3S2. The Morgan fingerprint density at radius 3 is 2.46 bits per heavy atom. The maximum absolute atomic E-state index is 12.6. The molecule has 0 aromatic rings. The van der Waals surface area contributed by atoms with Crippen LogP contribution in [-0.2, 0) is 14.3 Å². The summed E-state index contributed by atoms with van der Waals surface area (Å²) in [5.74, 6) is 1.28. The summed E-state index contributed by atoms with van der Waals surface area (Å²) in [6.45, 7) is 13.9. The summed E-state index contributed by atoms with van der Waals surface area (Å²) in [5.41, 5.74) is 0. The molecule has 0 bridgehead atoms. The average Bonchev–Trinajstić information content (AvgIpc) is 2.86. The molecular weight excluding hydrogens is 342 g/mol. The van der Waals surface area contributed by atoms with Gasteiger partial charge in [-0.2, -0.15) is 0 Å². The van der Waals surface area contributed by atoms with Gasteiger partial charge in [0.05, 0.1) is 31.0 Å². The Labute approximate surface area is 156 Å². The Morgan fingerprint density at radius 1 is 1.17 bits per heavy atom. The van der Waals surface area contributed by atoms with Gasteiger partial charge in [0, 0.05) is 24.0 Å². The summed E-state index contributed by atoms with van der Waals surface area (Å²) in [5, 5.41) is 0.635. The Balaban J connectivity index is 2.44. The highest BCUT2D eigenvalue weighted by Crippen LogP contribution is 2.28. The molecule has 1 rings (SSSR count). The van der Waals surface area contributed by atoms with Gasteiger partial charge in [-0.15, -0.1) is 0 Å². The number of amides is 1. The third kappa shape index (κ3) is 8.97. The molecule has 0 N–H and O–H groups in total. The third-order valence-electron chi connectivity index (χ3n) is 3.66. The zero-order chi connectivity index (χ0) is 18.1. The predicted octanol–water partition coefficient (Wildman–Crippen LogP) is 4.38. The maximum atomic E-state index is 12.6. The van der Waals surface area contributed by atoms with Gasteiger partial charge in [-0.25, -0.2) is 0 Å². The lowest BCUT2D eigenvalue weighted by Gasteiger charge is -2.25. The Hall–Kier alpha value is 0.0900. The van der Waals surface area contributed by atoms with E-state index in [1.165, 1.54) is 0 Å². The lowest BCUT2D eigenvalue weighted by molar-refractivity contribution is -0.134. The molecule has 0 radical (unpaired) electrons. The molecule has 24 heavy (non-hydrogen) atoms. The van der Waals surface area contributed by atoms with Crippen LogP contribution >= 0.6 is 21.6 Å². The third-order valence-corrected chi connectivity index (χ3v) is 6.70. The van der Waals surface area contributed by atoms with Gasteiger partial charge in [0.15, 0.2) is 0 Å². The van der Waals surface area contributed by atoms with Crippen LogP contribution < -0.4 is 0 Å². The van der Waals surface area contributed by atoms with Crippen LogP contribution in [0.1, 0.15) is 60.8 Å². The van der Waals surface area contributed by atoms with Crippen LogP contribution in [0.3, 0.4) is 0 Å². The molecule has 1 saturated heterocycles. The fourth-order valence-corrected chi connectivity index (χ4v) is 4.82. The zero-order valence-electron chi connectivity index (χ0n) is 16.1. The minimum absolute atomic E-state index is 0.139. The maximum Gasteiger partial charge on any atom is 0.223 e. The number of hydrogen-bond donors (Lipinski definition) is 0. The number of nitrogens with zero attached hydrogens (tertiary/aromatic N) is 1. The number of carbonyl (C=O) groups excluding carboxylic acids is 1. The standard InChI is InChI=1S/C18H35NO3S2/c1-13(2)21-12-16-10-17(22-14(3)4)11-19(16)18(20)8-7-9-23-24-15(5)6/h13-17H,7-12H2,1-6H3/t16-,17+/m0/s1. The van der Waals surface area contributed by atoms with Gasteiger partial charge in [-0.05, 0) is 40.5 Å². The molecule has 4 nitrogen and oxygen atoms in total. The summed E-state index contributed by atoms with van der Waals surface area (Å²) < 4.78 is 11.7. The van der Waals surface area contributed by atoms with Gasteiger partial charge in [0.25, 0.3) is 0 Å². The van der Waals surface area contributed by atoms with Crippen molar-refractivity contribution in [2.75, 3.05) is 18.9 Å². The van der Waals surface area contributed by atoms with Gasteiger partial charge in [0.1, 0.15) is 0 Å². The minimum atomic E-state index is 0.139. The van der Waals surface area contributed by atoms with Crippen LogP contribution in [0.25, 0.3) is 0 Å². The fraction of sp³-hybridized carbons (Fsp3) is 0.944. The van der Waals surface area contributed by atoms with Crippen molar-refractivity contribution in [1.82, 2.24) is 4.90 Å². The molecule has 1 fully saturated rings. The van der Waals surface area contributed by atoms with E-state index in [0.717, 1.165) is 18.6 Å². The van der Waals surface area contributed by atoms with E-state index in [9.17, 15) is 4.79 Å². The lowest BCUT2D eigenvalue weighted by Crippen LogP contribution is -2.39. The van der Waals surface area contributed by atoms with E-state index in [4.69, 9.17) is 9.47 Å². The van der Waals surface area contributed by atoms with Gasteiger partial charge < -0.3 is 14.4 Å². The first-order chi connectivity index (χ1) is 11.3. The van der Waals surface area contributed by atoms with Crippen molar-refractivity contribution >= 4 is 27.5 Å². The summed E-state index contributed by atoms with van der Waals surface area (Å²) in [6.07, 6.45) is 2.97. The fourth-order valence-electron chi connectivity index (χ4n) is 2.73. The molecule has 1 aliphatic rings. The van der Waals surface area contributed by atoms with Crippen LogP contribution in [0, 0.1) is 0 Å². The average molecular weight is 378 g/mol. The molecule has 0 spiro atoms. The van der Waals surface area contributed by atoms with Crippen LogP contribution in [0.2, 0.25) is 0 Å². The molecule has 0 aliphatic carbocycles. The minimum Gasteiger partial charge on any atom is -0.377 e. The van der Waals surface area contributed by atoms with E-state index < -0.39 is 0 Å². The van der Waals surface area contributed by atoms with Crippen molar-refractivity contribution in [2.45, 2.75) is 90.4 Å². The Bertz CT molecular complexity index is 364. The number of rotatable bonds is 11. The van der Waals surface area contributed by atoms with Crippen molar-refractivity contribution < 1.29 is 14.3 Å². The molecule has 1 aliphatic heterocycles. The summed E-state index contributed by atoms with van der Waals surface area (Å²) in [7, 11) is 3.75. The number of ether oxygens (including phenoxy) is 2. The van der Waals surface area contributed by atoms with E-state index >= 15 is 0 Å². The smallest absolute Gasteiger partial charge is 0.223 e. The van der Waals surface area contributed by atoms with Gasteiger partial charge in [-0.3, -0.25) is 4.79 Å². The van der Waals surface area contributed by atoms with E-state index in [0.29, 0.717) is 24.8 Å². The molecule has 1 amide bonds. The second-order valence-electron chi connectivity index (χ2n) is 7.20. The summed E-state index contributed by atoms with van der Waals surface area (Å²) in [6, 6.07) is 0.154. The van der Waals surface area contributed by atoms with Crippen LogP contribution in [-0.4, -0.2) is 59.3 Å². The van der Waals surface area contributed by atoms with E-state index in [-0.39, 0.29) is 30.3 Å². The quantitative estimate of drug-likeness (QED) is 0.395. The summed E-state index contributed by atoms with van der Waals surface area (Å²) in [4.78, 5) is 14.6. The van der Waals surface area contributed by atoms with Crippen LogP contribution in [0.15, 0.2) is 0 Å². The van der Waals surface area contributed by atoms with Gasteiger partial charge >= 0.3 is 0 Å². The molecule has 2 atom stereocenters. The highest BCUT2D eigenvalue weighted by atomic mass is 33.1. The Morgan fingerprint density at radius 2 is 1.88 bits per heavy atom. The topological polar surface area (TPSA) is 38.8 Å². The van der Waals surface area contributed by atoms with E-state index in [1.807, 2.05) is 54.2 Å². The number of hydrogen-bond acceptors (Lipinski definition) is 5. The highest BCUT2D eigenvalue weighted by molar-refractivity contribution is 8.76. The second-order valence-corrected chi connectivity index (χ2v) is 10.3. The molecule has 0 unspecified atom stereocenters. The van der Waals surface area contributed by atoms with Gasteiger partial charge in [-0.1, -0.05) is 35.4 Å². The van der Waals surface area contributed by atoms with E-state index in [2.05, 4.69) is 13.8 Å². The molecule has 142 valence electrons. The van der Waals surface area contributed by atoms with Crippen molar-refractivity contribution in [2.24, 2.45) is 0 Å². The first-order valence-corrected chi connectivity index (χ1v) is 11.5. The predicted molar refractivity (Wildman–Crippen MR) is 106 cm³/mol. The molecule has 1 heterocycles. The van der Waals surface area contributed by atoms with Gasteiger partial charge in [0.2, 0.25) is 5.91 Å². The molecule has 6 heteroatoms. The monoisotopic (exact) mass is 377 g/mol. The number of carbonyl (C=O) groups is 1. The molecule has 0 aromatic carbocycles. The largest absolute Gasteiger partial charge is 0.377 e. The van der Waals surface area contributed by atoms with Crippen molar-refractivity contribution in [3.63, 3.8) is 0 Å². The van der Waals surface area contributed by atoms with E-state index in [1.54, 1.807) is 0 Å². The van der Waals surface area contributed by atoms with Crippen molar-refractivity contribution in [3.05, 3.63) is 0 Å². The van der Waals surface area contributed by atoms with Crippen molar-refractivity contribution in [3.8, 4) is 0 Å². The van der Waals surface area contributed by atoms with Crippen LogP contribution in [0.4, 0.5) is 0 Å². The number of likely N-dealkylation sites (tertiary alicyclic amines) is 1. The van der Waals surface area contributed by atoms with Crippen molar-refractivity contribution in [1.29, 1.82) is 0 Å². The zero-order valence-corrected chi connectivity index (χ0v) is 17.8.